The molecule has 6 nitrogen and oxygen atoms in total. The molecule has 0 aromatic carbocycles. The Balaban J connectivity index is 1.82. The van der Waals surface area contributed by atoms with Crippen LogP contribution in [0.1, 0.15) is 23.2 Å². The van der Waals surface area contributed by atoms with Crippen molar-refractivity contribution in [3.05, 3.63) is 24.0 Å². The highest BCUT2D eigenvalue weighted by Crippen LogP contribution is 2.28. The van der Waals surface area contributed by atoms with Gasteiger partial charge in [0, 0.05) is 26.4 Å². The zero-order chi connectivity index (χ0) is 13.7. The number of hydrazine groups is 1. The van der Waals surface area contributed by atoms with Crippen LogP contribution in [0.4, 0.5) is 5.69 Å². The Bertz CT molecular complexity index is 434. The Morgan fingerprint density at radius 1 is 1.63 bits per heavy atom. The summed E-state index contributed by atoms with van der Waals surface area (Å²) in [5.74, 6) is 6.02. The molecule has 6 heteroatoms. The highest BCUT2D eigenvalue weighted by molar-refractivity contribution is 5.99. The van der Waals surface area contributed by atoms with Crippen molar-refractivity contribution in [2.45, 2.75) is 12.8 Å². The van der Waals surface area contributed by atoms with Crippen LogP contribution in [0.5, 0.6) is 0 Å². The van der Waals surface area contributed by atoms with Crippen molar-refractivity contribution < 1.29 is 9.53 Å². The number of pyridine rings is 1. The molecule has 1 amide bonds. The van der Waals surface area contributed by atoms with Crippen LogP contribution in [0.2, 0.25) is 0 Å². The molecule has 0 atom stereocenters. The third-order valence-electron chi connectivity index (χ3n) is 3.18. The second-order valence-corrected chi connectivity index (χ2v) is 4.81. The van der Waals surface area contributed by atoms with Crippen LogP contribution in [-0.4, -0.2) is 42.6 Å². The first-order chi connectivity index (χ1) is 9.22. The predicted molar refractivity (Wildman–Crippen MR) is 72.6 cm³/mol. The molecule has 0 bridgehead atoms. The van der Waals surface area contributed by atoms with Gasteiger partial charge in [0.2, 0.25) is 0 Å². The van der Waals surface area contributed by atoms with Crippen molar-refractivity contribution >= 4 is 11.6 Å². The van der Waals surface area contributed by atoms with E-state index in [0.717, 1.165) is 12.5 Å². The molecule has 1 saturated carbocycles. The topological polar surface area (TPSA) is 80.5 Å². The van der Waals surface area contributed by atoms with Crippen molar-refractivity contribution in [1.29, 1.82) is 0 Å². The van der Waals surface area contributed by atoms with Gasteiger partial charge >= 0.3 is 0 Å². The summed E-state index contributed by atoms with van der Waals surface area (Å²) in [6.07, 6.45) is 5.66. The molecule has 19 heavy (non-hydrogen) atoms. The minimum Gasteiger partial charge on any atom is -0.379 e. The predicted octanol–water partition coefficient (Wildman–Crippen LogP) is 0.866. The van der Waals surface area contributed by atoms with Crippen molar-refractivity contribution in [3.8, 4) is 0 Å². The summed E-state index contributed by atoms with van der Waals surface area (Å²) in [5.41, 5.74) is 3.52. The first-order valence-electron chi connectivity index (χ1n) is 6.46. The lowest BCUT2D eigenvalue weighted by Gasteiger charge is -2.18. The van der Waals surface area contributed by atoms with Crippen LogP contribution in [0.25, 0.3) is 0 Å². The van der Waals surface area contributed by atoms with E-state index >= 15 is 0 Å². The minimum atomic E-state index is -0.0922. The molecular weight excluding hydrogens is 244 g/mol. The van der Waals surface area contributed by atoms with Gasteiger partial charge in [-0.2, -0.15) is 0 Å². The Labute approximate surface area is 112 Å². The average molecular weight is 264 g/mol. The number of rotatable bonds is 7. The summed E-state index contributed by atoms with van der Waals surface area (Å²) in [4.78, 5) is 17.8. The number of nitrogens with two attached hydrogens (primary N) is 1. The van der Waals surface area contributed by atoms with Gasteiger partial charge < -0.3 is 15.1 Å². The minimum absolute atomic E-state index is 0.0922. The lowest BCUT2D eigenvalue weighted by Crippen LogP contribution is -2.31. The fourth-order valence-electron chi connectivity index (χ4n) is 1.74. The van der Waals surface area contributed by atoms with E-state index < -0.39 is 0 Å². The van der Waals surface area contributed by atoms with Crippen molar-refractivity contribution in [1.82, 2.24) is 9.88 Å². The van der Waals surface area contributed by atoms with Gasteiger partial charge in [-0.15, -0.1) is 0 Å². The number of hydrogen-bond acceptors (Lipinski definition) is 5. The van der Waals surface area contributed by atoms with E-state index in [1.165, 1.54) is 19.0 Å². The quantitative estimate of drug-likeness (QED) is 0.434. The number of amides is 1. The molecule has 0 saturated heterocycles. The molecule has 2 rings (SSSR count). The molecular formula is C13H20N4O2. The van der Waals surface area contributed by atoms with E-state index in [1.807, 2.05) is 0 Å². The lowest BCUT2D eigenvalue weighted by molar-refractivity contribution is 0.0682. The molecule has 1 heterocycles. The molecule has 0 spiro atoms. The third kappa shape index (κ3) is 3.90. The zero-order valence-corrected chi connectivity index (χ0v) is 11.1. The van der Waals surface area contributed by atoms with Crippen LogP contribution in [0, 0.1) is 5.92 Å². The van der Waals surface area contributed by atoms with Gasteiger partial charge in [-0.25, -0.2) is 0 Å². The van der Waals surface area contributed by atoms with Crippen LogP contribution in [0.15, 0.2) is 18.5 Å². The second-order valence-electron chi connectivity index (χ2n) is 4.81. The second kappa shape index (κ2) is 6.49. The number of aromatic nitrogens is 1. The van der Waals surface area contributed by atoms with E-state index in [4.69, 9.17) is 10.6 Å². The fourth-order valence-corrected chi connectivity index (χ4v) is 1.74. The molecule has 104 valence electrons. The van der Waals surface area contributed by atoms with Gasteiger partial charge in [0.15, 0.2) is 0 Å². The van der Waals surface area contributed by atoms with Crippen LogP contribution >= 0.6 is 0 Å². The number of ether oxygens (including phenoxy) is 1. The molecule has 0 radical (unpaired) electrons. The molecule has 1 fully saturated rings. The Hall–Kier alpha value is -1.66. The highest BCUT2D eigenvalue weighted by Gasteiger charge is 2.21. The van der Waals surface area contributed by atoms with Crippen LogP contribution in [0.3, 0.4) is 0 Å². The summed E-state index contributed by atoms with van der Waals surface area (Å²) in [7, 11) is 1.75. The molecule has 0 aliphatic heterocycles. The van der Waals surface area contributed by atoms with Gasteiger partial charge in [0.05, 0.1) is 24.1 Å². The smallest absolute Gasteiger partial charge is 0.255 e. The highest BCUT2D eigenvalue weighted by atomic mass is 16.5. The molecule has 1 aliphatic rings. The van der Waals surface area contributed by atoms with Gasteiger partial charge in [0.25, 0.3) is 5.91 Å². The van der Waals surface area contributed by atoms with Gasteiger partial charge in [-0.05, 0) is 24.8 Å². The van der Waals surface area contributed by atoms with E-state index in [9.17, 15) is 4.79 Å². The maximum Gasteiger partial charge on any atom is 0.255 e. The monoisotopic (exact) mass is 264 g/mol. The summed E-state index contributed by atoms with van der Waals surface area (Å²) in [6, 6.07) is 1.65. The number of likely N-dealkylation sites (N-methyl/N-ethyl adjacent to an activating group) is 1. The number of nitrogens with one attached hydrogen (secondary N) is 1. The SMILES string of the molecule is CN(CCOCC1CC1)C(=O)c1ccncc1NN. The van der Waals surface area contributed by atoms with Crippen LogP contribution < -0.4 is 11.3 Å². The van der Waals surface area contributed by atoms with Crippen LogP contribution in [-0.2, 0) is 4.74 Å². The lowest BCUT2D eigenvalue weighted by atomic mass is 10.2. The number of carbonyl (C=O) groups excluding carboxylic acids is 1. The van der Waals surface area contributed by atoms with E-state index in [0.29, 0.717) is 24.4 Å². The molecule has 3 N–H and O–H groups in total. The van der Waals surface area contributed by atoms with E-state index in [2.05, 4.69) is 10.4 Å². The molecule has 1 aliphatic carbocycles. The molecule has 1 aromatic rings. The number of anilines is 1. The summed E-state index contributed by atoms with van der Waals surface area (Å²) in [5, 5.41) is 0. The Kier molecular flexibility index (Phi) is 4.70. The van der Waals surface area contributed by atoms with Gasteiger partial charge in [-0.1, -0.05) is 0 Å². The van der Waals surface area contributed by atoms with Gasteiger partial charge in [-0.3, -0.25) is 15.6 Å². The summed E-state index contributed by atoms with van der Waals surface area (Å²) < 4.78 is 5.52. The first-order valence-corrected chi connectivity index (χ1v) is 6.46. The summed E-state index contributed by atoms with van der Waals surface area (Å²) >= 11 is 0. The number of nitrogens with zero attached hydrogens (tertiary/aromatic N) is 2. The number of nitrogen functional groups attached to an aromatic ring is 1. The number of hydrogen-bond donors (Lipinski definition) is 2. The molecule has 0 unspecified atom stereocenters. The molecule has 1 aromatic heterocycles. The average Bonchev–Trinajstić information content (AvgIpc) is 3.26. The number of carbonyl (C=O) groups is 1. The Morgan fingerprint density at radius 3 is 3.11 bits per heavy atom. The largest absolute Gasteiger partial charge is 0.379 e. The van der Waals surface area contributed by atoms with Crippen molar-refractivity contribution in [2.24, 2.45) is 11.8 Å². The Morgan fingerprint density at radius 2 is 2.42 bits per heavy atom. The van der Waals surface area contributed by atoms with Crippen molar-refractivity contribution in [3.63, 3.8) is 0 Å². The normalized spacial score (nSPS) is 14.2. The van der Waals surface area contributed by atoms with E-state index in [1.54, 1.807) is 24.2 Å². The first kappa shape index (κ1) is 13.8. The fraction of sp³-hybridized carbons (Fsp3) is 0.538. The standard InChI is InChI=1S/C13H20N4O2/c1-17(6-7-19-9-10-2-3-10)13(18)11-4-5-15-8-12(11)16-14/h4-5,8,10,16H,2-3,6-7,9,14H2,1H3. The third-order valence-corrected chi connectivity index (χ3v) is 3.18. The maximum atomic E-state index is 12.2. The zero-order valence-electron chi connectivity index (χ0n) is 11.1. The summed E-state index contributed by atoms with van der Waals surface area (Å²) in [6.45, 7) is 1.94. The van der Waals surface area contributed by atoms with Gasteiger partial charge in [0.1, 0.15) is 0 Å². The maximum absolute atomic E-state index is 12.2. The van der Waals surface area contributed by atoms with Crippen molar-refractivity contribution in [2.75, 3.05) is 32.2 Å². The van der Waals surface area contributed by atoms with E-state index in [-0.39, 0.29) is 5.91 Å².